The van der Waals surface area contributed by atoms with E-state index in [1.807, 2.05) is 37.3 Å². The summed E-state index contributed by atoms with van der Waals surface area (Å²) in [4.78, 5) is 29.6. The van der Waals surface area contributed by atoms with E-state index in [0.29, 0.717) is 27.9 Å². The van der Waals surface area contributed by atoms with Gasteiger partial charge in [-0.05, 0) is 62.7 Å². The number of ether oxygens (including phenoxy) is 1. The first kappa shape index (κ1) is 34.8. The summed E-state index contributed by atoms with van der Waals surface area (Å²) >= 11 is 13.1. The number of benzene rings is 4. The van der Waals surface area contributed by atoms with Crippen LogP contribution in [0.2, 0.25) is 10.0 Å². The molecular formula is C35H37Cl2N3O5S. The molecule has 0 saturated carbocycles. The van der Waals surface area contributed by atoms with Gasteiger partial charge in [-0.3, -0.25) is 13.9 Å². The Morgan fingerprint density at radius 1 is 0.848 bits per heavy atom. The summed E-state index contributed by atoms with van der Waals surface area (Å²) in [6.07, 6.45) is 0.167. The smallest absolute Gasteiger partial charge is 0.264 e. The molecule has 0 aliphatic rings. The van der Waals surface area contributed by atoms with Gasteiger partial charge in [0.1, 0.15) is 18.3 Å². The number of carbonyl (C=O) groups excluding carboxylic acids is 2. The summed E-state index contributed by atoms with van der Waals surface area (Å²) in [5, 5.41) is 3.46. The van der Waals surface area contributed by atoms with Gasteiger partial charge < -0.3 is 15.0 Å². The van der Waals surface area contributed by atoms with Gasteiger partial charge in [-0.2, -0.15) is 0 Å². The van der Waals surface area contributed by atoms with Crippen LogP contribution < -0.4 is 14.4 Å². The molecule has 1 atom stereocenters. The molecule has 4 aromatic rings. The molecule has 0 radical (unpaired) electrons. The molecule has 0 spiro atoms. The number of anilines is 1. The minimum atomic E-state index is -4.29. The molecule has 11 heteroatoms. The highest BCUT2D eigenvalue weighted by Gasteiger charge is 2.36. The van der Waals surface area contributed by atoms with Crippen molar-refractivity contribution < 1.29 is 22.7 Å². The van der Waals surface area contributed by atoms with Crippen LogP contribution in [0.1, 0.15) is 30.5 Å². The van der Waals surface area contributed by atoms with Gasteiger partial charge in [0.2, 0.25) is 11.8 Å². The number of sulfonamides is 1. The normalized spacial score (nSPS) is 11.8. The second-order valence-corrected chi connectivity index (χ2v) is 13.2. The lowest BCUT2D eigenvalue weighted by Gasteiger charge is -2.34. The molecule has 0 aromatic heterocycles. The second-order valence-electron chi connectivity index (χ2n) is 10.5. The molecule has 0 saturated heterocycles. The number of hydrogen-bond acceptors (Lipinski definition) is 5. The minimum absolute atomic E-state index is 0.00228. The fourth-order valence-electron chi connectivity index (χ4n) is 4.99. The zero-order chi connectivity index (χ0) is 33.3. The maximum absolute atomic E-state index is 14.6. The van der Waals surface area contributed by atoms with Crippen LogP contribution >= 0.6 is 23.2 Å². The highest BCUT2D eigenvalue weighted by Crippen LogP contribution is 2.34. The van der Waals surface area contributed by atoms with E-state index < -0.39 is 34.4 Å². The highest BCUT2D eigenvalue weighted by atomic mass is 35.5. The van der Waals surface area contributed by atoms with Crippen molar-refractivity contribution in [2.75, 3.05) is 24.0 Å². The van der Waals surface area contributed by atoms with Crippen LogP contribution in [0.5, 0.6) is 5.75 Å². The molecule has 242 valence electrons. The average molecular weight is 683 g/mol. The van der Waals surface area contributed by atoms with Gasteiger partial charge in [-0.15, -0.1) is 0 Å². The van der Waals surface area contributed by atoms with Crippen molar-refractivity contribution in [1.82, 2.24) is 10.2 Å². The topological polar surface area (TPSA) is 96.0 Å². The Balaban J connectivity index is 1.86. The molecule has 8 nitrogen and oxygen atoms in total. The zero-order valence-electron chi connectivity index (χ0n) is 26.0. The van der Waals surface area contributed by atoms with Crippen molar-refractivity contribution in [1.29, 1.82) is 0 Å². The number of nitrogens with one attached hydrogen (secondary N) is 1. The number of amides is 2. The number of nitrogens with zero attached hydrogens (tertiary/aromatic N) is 2. The van der Waals surface area contributed by atoms with E-state index in [1.165, 1.54) is 17.0 Å². The van der Waals surface area contributed by atoms with Gasteiger partial charge in [0.05, 0.1) is 17.2 Å². The van der Waals surface area contributed by atoms with Gasteiger partial charge in [-0.1, -0.05) is 89.4 Å². The Bertz CT molecular complexity index is 1730. The first-order valence-corrected chi connectivity index (χ1v) is 17.1. The molecule has 2 amide bonds. The Labute approximate surface area is 280 Å². The van der Waals surface area contributed by atoms with E-state index in [1.54, 1.807) is 68.4 Å². The Kier molecular flexibility index (Phi) is 12.1. The fraction of sp³-hybridized carbons (Fsp3) is 0.257. The van der Waals surface area contributed by atoms with E-state index in [9.17, 15) is 18.0 Å². The Morgan fingerprint density at radius 2 is 1.48 bits per heavy atom. The number of likely N-dealkylation sites (N-methyl/N-ethyl adjacent to an activating group) is 1. The lowest BCUT2D eigenvalue weighted by atomic mass is 10.0. The van der Waals surface area contributed by atoms with Gasteiger partial charge in [0.25, 0.3) is 10.0 Å². The van der Waals surface area contributed by atoms with Gasteiger partial charge >= 0.3 is 0 Å². The van der Waals surface area contributed by atoms with Crippen molar-refractivity contribution in [3.8, 4) is 5.75 Å². The highest BCUT2D eigenvalue weighted by molar-refractivity contribution is 7.92. The Hall–Kier alpha value is -4.05. The standard InChI is InChI=1S/C35H37Cl2N3O5S/c1-4-38-35(42)32(22-26-12-7-6-8-13-26)39(23-28-29(36)14-11-15-30(28)37)34(41)24-40(31-16-9-10-17-33(31)45-5-2)46(43,44)27-20-18-25(3)19-21-27/h6-21,32H,4-5,22-24H2,1-3H3,(H,38,42). The second kappa shape index (κ2) is 16.0. The number of carbonyl (C=O) groups is 2. The molecule has 4 rings (SSSR count). The van der Waals surface area contributed by atoms with Crippen LogP contribution in [0.15, 0.2) is 102 Å². The molecule has 0 heterocycles. The molecule has 4 aromatic carbocycles. The maximum atomic E-state index is 14.6. The van der Waals surface area contributed by atoms with Crippen LogP contribution in [0.4, 0.5) is 5.69 Å². The van der Waals surface area contributed by atoms with Gasteiger partial charge in [0, 0.05) is 35.1 Å². The SMILES string of the molecule is CCNC(=O)C(Cc1ccccc1)N(Cc1c(Cl)cccc1Cl)C(=O)CN(c1ccccc1OCC)S(=O)(=O)c1ccc(C)cc1. The molecule has 0 bridgehead atoms. The van der Waals surface area contributed by atoms with Crippen LogP contribution in [0, 0.1) is 6.92 Å². The summed E-state index contributed by atoms with van der Waals surface area (Å²) < 4.78 is 35.4. The third-order valence-corrected chi connectivity index (χ3v) is 9.82. The summed E-state index contributed by atoms with van der Waals surface area (Å²) in [6.45, 7) is 5.26. The maximum Gasteiger partial charge on any atom is 0.264 e. The lowest BCUT2D eigenvalue weighted by Crippen LogP contribution is -2.53. The molecule has 1 N–H and O–H groups in total. The van der Waals surface area contributed by atoms with Crippen molar-refractivity contribution in [3.05, 3.63) is 124 Å². The molecule has 46 heavy (non-hydrogen) atoms. The van der Waals surface area contributed by atoms with Crippen LogP contribution in [-0.4, -0.2) is 50.9 Å². The van der Waals surface area contributed by atoms with E-state index in [0.717, 1.165) is 15.4 Å². The number of halogens is 2. The van der Waals surface area contributed by atoms with Crippen molar-refractivity contribution >= 4 is 50.7 Å². The summed E-state index contributed by atoms with van der Waals surface area (Å²) in [5.74, 6) is -0.741. The Morgan fingerprint density at radius 3 is 2.11 bits per heavy atom. The van der Waals surface area contributed by atoms with E-state index in [4.69, 9.17) is 27.9 Å². The van der Waals surface area contributed by atoms with Gasteiger partial charge in [-0.25, -0.2) is 8.42 Å². The quantitative estimate of drug-likeness (QED) is 0.160. The van der Waals surface area contributed by atoms with E-state index in [-0.39, 0.29) is 30.2 Å². The first-order valence-electron chi connectivity index (χ1n) is 14.9. The van der Waals surface area contributed by atoms with Crippen LogP contribution in [-0.2, 0) is 32.6 Å². The predicted molar refractivity (Wildman–Crippen MR) is 183 cm³/mol. The minimum Gasteiger partial charge on any atom is -0.492 e. The third kappa shape index (κ3) is 8.40. The van der Waals surface area contributed by atoms with Crippen LogP contribution in [0.3, 0.4) is 0 Å². The van der Waals surface area contributed by atoms with Crippen molar-refractivity contribution in [3.63, 3.8) is 0 Å². The number of hydrogen-bond donors (Lipinski definition) is 1. The van der Waals surface area contributed by atoms with Gasteiger partial charge in [0.15, 0.2) is 0 Å². The molecule has 1 unspecified atom stereocenters. The van der Waals surface area contributed by atoms with Crippen molar-refractivity contribution in [2.24, 2.45) is 0 Å². The summed E-state index contributed by atoms with van der Waals surface area (Å²) in [7, 11) is -4.29. The summed E-state index contributed by atoms with van der Waals surface area (Å²) in [6, 6.07) is 26.3. The van der Waals surface area contributed by atoms with Crippen molar-refractivity contribution in [2.45, 2.75) is 44.7 Å². The molecule has 0 aliphatic carbocycles. The number of para-hydroxylation sites is 2. The first-order chi connectivity index (χ1) is 22.1. The fourth-order valence-corrected chi connectivity index (χ4v) is 6.93. The number of aryl methyl sites for hydroxylation is 1. The molecular weight excluding hydrogens is 645 g/mol. The molecule has 0 fully saturated rings. The van der Waals surface area contributed by atoms with E-state index in [2.05, 4.69) is 5.32 Å². The largest absolute Gasteiger partial charge is 0.492 e. The monoisotopic (exact) mass is 681 g/mol. The van der Waals surface area contributed by atoms with Crippen LogP contribution in [0.25, 0.3) is 0 Å². The third-order valence-electron chi connectivity index (χ3n) is 7.33. The molecule has 0 aliphatic heterocycles. The zero-order valence-corrected chi connectivity index (χ0v) is 28.3. The summed E-state index contributed by atoms with van der Waals surface area (Å²) in [5.41, 5.74) is 2.31. The predicted octanol–water partition coefficient (Wildman–Crippen LogP) is 6.67. The van der Waals surface area contributed by atoms with E-state index >= 15 is 0 Å². The number of rotatable bonds is 14. The lowest BCUT2D eigenvalue weighted by molar-refractivity contribution is -0.140. The average Bonchev–Trinajstić information content (AvgIpc) is 3.04.